The van der Waals surface area contributed by atoms with Gasteiger partial charge in [0.25, 0.3) is 5.56 Å². The van der Waals surface area contributed by atoms with Crippen molar-refractivity contribution in [2.45, 2.75) is 0 Å². The summed E-state index contributed by atoms with van der Waals surface area (Å²) in [5.74, 6) is 0. The second-order valence-electron chi connectivity index (χ2n) is 3.11. The fraction of sp³-hybridized carbons (Fsp3) is 0. The van der Waals surface area contributed by atoms with Crippen molar-refractivity contribution < 1.29 is 0 Å². The number of rotatable bonds is 0. The Morgan fingerprint density at radius 2 is 2.21 bits per heavy atom. The highest BCUT2D eigenvalue weighted by molar-refractivity contribution is 5.76. The van der Waals surface area contributed by atoms with Crippen LogP contribution in [0.4, 0.5) is 0 Å². The lowest BCUT2D eigenvalue weighted by atomic mass is 10.4. The first-order chi connectivity index (χ1) is 6.86. The van der Waals surface area contributed by atoms with Crippen LogP contribution in [0, 0.1) is 0 Å². The monoisotopic (exact) mass is 185 g/mol. The quantitative estimate of drug-likeness (QED) is 0.571. The molecule has 0 amide bonds. The molecule has 68 valence electrons. The second kappa shape index (κ2) is 2.45. The van der Waals surface area contributed by atoms with Gasteiger partial charge < -0.3 is 9.38 Å². The van der Waals surface area contributed by atoms with Gasteiger partial charge in [-0.2, -0.15) is 0 Å². The predicted molar refractivity (Wildman–Crippen MR) is 53.3 cm³/mol. The number of nitrogens with zero attached hydrogens (tertiary/aromatic N) is 2. The highest BCUT2D eigenvalue weighted by atomic mass is 16.1. The topological polar surface area (TPSA) is 50.2 Å². The van der Waals surface area contributed by atoms with Crippen molar-refractivity contribution in [3.05, 3.63) is 47.1 Å². The molecule has 3 aromatic rings. The highest BCUT2D eigenvalue weighted by Crippen LogP contribution is 2.10. The molecule has 0 saturated heterocycles. The van der Waals surface area contributed by atoms with Gasteiger partial charge in [-0.25, -0.2) is 0 Å². The molecule has 0 aliphatic rings. The molecule has 3 heterocycles. The van der Waals surface area contributed by atoms with E-state index in [1.54, 1.807) is 18.5 Å². The first-order valence-electron chi connectivity index (χ1n) is 4.29. The molecule has 0 atom stereocenters. The molecule has 0 bridgehead atoms. The summed E-state index contributed by atoms with van der Waals surface area (Å²) in [6, 6.07) is 5.52. The average molecular weight is 185 g/mol. The van der Waals surface area contributed by atoms with Gasteiger partial charge in [0.2, 0.25) is 0 Å². The van der Waals surface area contributed by atoms with Crippen molar-refractivity contribution in [1.29, 1.82) is 0 Å². The Balaban J connectivity index is 2.73. The first-order valence-corrected chi connectivity index (χ1v) is 4.29. The van der Waals surface area contributed by atoms with E-state index in [-0.39, 0.29) is 5.56 Å². The van der Waals surface area contributed by atoms with Gasteiger partial charge >= 0.3 is 0 Å². The number of hydrogen-bond acceptors (Lipinski definition) is 2. The van der Waals surface area contributed by atoms with E-state index in [2.05, 4.69) is 9.97 Å². The van der Waals surface area contributed by atoms with Gasteiger partial charge in [0, 0.05) is 12.4 Å². The normalized spacial score (nSPS) is 11.1. The lowest BCUT2D eigenvalue weighted by Crippen LogP contribution is -2.09. The summed E-state index contributed by atoms with van der Waals surface area (Å²) in [5, 5.41) is 0. The van der Waals surface area contributed by atoms with E-state index in [1.165, 1.54) is 0 Å². The summed E-state index contributed by atoms with van der Waals surface area (Å²) in [6.07, 6.45) is 5.23. The molecule has 14 heavy (non-hydrogen) atoms. The molecule has 0 fully saturated rings. The van der Waals surface area contributed by atoms with E-state index in [1.807, 2.05) is 22.7 Å². The maximum Gasteiger partial charge on any atom is 0.272 e. The van der Waals surface area contributed by atoms with Crippen LogP contribution in [0.25, 0.3) is 16.6 Å². The number of fused-ring (bicyclic) bond motifs is 3. The molecule has 1 N–H and O–H groups in total. The Bertz CT molecular complexity index is 665. The summed E-state index contributed by atoms with van der Waals surface area (Å²) in [7, 11) is 0. The number of nitrogens with one attached hydrogen (secondary N) is 1. The van der Waals surface area contributed by atoms with Crippen LogP contribution in [-0.2, 0) is 0 Å². The van der Waals surface area contributed by atoms with Gasteiger partial charge in [-0.15, -0.1) is 0 Å². The van der Waals surface area contributed by atoms with E-state index in [9.17, 15) is 4.79 Å². The minimum atomic E-state index is -0.0875. The molecule has 3 rings (SSSR count). The number of hydrogen-bond donors (Lipinski definition) is 1. The molecule has 4 nitrogen and oxygen atoms in total. The zero-order chi connectivity index (χ0) is 9.54. The fourth-order valence-corrected chi connectivity index (χ4v) is 1.66. The van der Waals surface area contributed by atoms with Gasteiger partial charge in [-0.3, -0.25) is 9.78 Å². The molecule has 0 spiro atoms. The van der Waals surface area contributed by atoms with E-state index < -0.39 is 0 Å². The summed E-state index contributed by atoms with van der Waals surface area (Å²) in [6.45, 7) is 0. The van der Waals surface area contributed by atoms with Crippen LogP contribution >= 0.6 is 0 Å². The van der Waals surface area contributed by atoms with Crippen LogP contribution in [-0.4, -0.2) is 14.4 Å². The van der Waals surface area contributed by atoms with Gasteiger partial charge in [-0.05, 0) is 18.2 Å². The molecule has 0 radical (unpaired) electrons. The SMILES string of the molecule is O=c1[nH]c2cnccc2n2cccc12. The van der Waals surface area contributed by atoms with Crippen molar-refractivity contribution in [2.24, 2.45) is 0 Å². The van der Waals surface area contributed by atoms with Crippen LogP contribution in [0.3, 0.4) is 0 Å². The summed E-state index contributed by atoms with van der Waals surface area (Å²) < 4.78 is 1.86. The number of aromatic nitrogens is 3. The Morgan fingerprint density at radius 3 is 3.14 bits per heavy atom. The van der Waals surface area contributed by atoms with Crippen molar-refractivity contribution in [3.8, 4) is 0 Å². The zero-order valence-electron chi connectivity index (χ0n) is 7.27. The van der Waals surface area contributed by atoms with E-state index in [0.717, 1.165) is 11.0 Å². The van der Waals surface area contributed by atoms with E-state index in [0.29, 0.717) is 5.52 Å². The summed E-state index contributed by atoms with van der Waals surface area (Å²) >= 11 is 0. The lowest BCUT2D eigenvalue weighted by molar-refractivity contribution is 1.17. The first kappa shape index (κ1) is 7.32. The summed E-state index contributed by atoms with van der Waals surface area (Å²) in [4.78, 5) is 18.3. The van der Waals surface area contributed by atoms with E-state index in [4.69, 9.17) is 0 Å². The smallest absolute Gasteiger partial charge is 0.272 e. The van der Waals surface area contributed by atoms with E-state index >= 15 is 0 Å². The maximum absolute atomic E-state index is 11.5. The Hall–Kier alpha value is -2.10. The standard InChI is InChI=1S/C10H7N3O/c14-10-9-2-1-5-13(9)8-3-4-11-6-7(8)12-10/h1-6H,(H,12,14). The van der Waals surface area contributed by atoms with Crippen molar-refractivity contribution in [2.75, 3.05) is 0 Å². The van der Waals surface area contributed by atoms with Crippen LogP contribution in [0.5, 0.6) is 0 Å². The van der Waals surface area contributed by atoms with Crippen LogP contribution in [0.1, 0.15) is 0 Å². The lowest BCUT2D eigenvalue weighted by Gasteiger charge is -2.00. The van der Waals surface area contributed by atoms with Gasteiger partial charge in [-0.1, -0.05) is 0 Å². The van der Waals surface area contributed by atoms with Crippen molar-refractivity contribution in [1.82, 2.24) is 14.4 Å². The number of aromatic amines is 1. The fourth-order valence-electron chi connectivity index (χ4n) is 1.66. The molecular formula is C10H7N3O. The zero-order valence-corrected chi connectivity index (χ0v) is 7.27. The van der Waals surface area contributed by atoms with Crippen molar-refractivity contribution in [3.63, 3.8) is 0 Å². The minimum Gasteiger partial charge on any atom is -0.318 e. The van der Waals surface area contributed by atoms with Gasteiger partial charge in [0.15, 0.2) is 0 Å². The second-order valence-corrected chi connectivity index (χ2v) is 3.11. The summed E-state index contributed by atoms with van der Waals surface area (Å²) in [5.41, 5.74) is 2.28. The third-order valence-electron chi connectivity index (χ3n) is 2.29. The molecular weight excluding hydrogens is 178 g/mol. The molecule has 3 aromatic heterocycles. The number of H-pyrrole nitrogens is 1. The maximum atomic E-state index is 11.5. The molecule has 0 aliphatic carbocycles. The number of pyridine rings is 1. The van der Waals surface area contributed by atoms with Crippen LogP contribution in [0.15, 0.2) is 41.6 Å². The third kappa shape index (κ3) is 0.821. The largest absolute Gasteiger partial charge is 0.318 e. The van der Waals surface area contributed by atoms with Gasteiger partial charge in [0.1, 0.15) is 5.52 Å². The predicted octanol–water partition coefficient (Wildman–Crippen LogP) is 1.18. The third-order valence-corrected chi connectivity index (χ3v) is 2.29. The Morgan fingerprint density at radius 1 is 1.29 bits per heavy atom. The highest BCUT2D eigenvalue weighted by Gasteiger charge is 2.02. The average Bonchev–Trinajstić information content (AvgIpc) is 2.67. The molecule has 0 aromatic carbocycles. The Kier molecular flexibility index (Phi) is 1.28. The Labute approximate surface area is 78.8 Å². The molecule has 0 saturated carbocycles. The van der Waals surface area contributed by atoms with Crippen LogP contribution < -0.4 is 5.56 Å². The molecule has 0 unspecified atom stereocenters. The molecule has 0 aliphatic heterocycles. The van der Waals surface area contributed by atoms with Crippen LogP contribution in [0.2, 0.25) is 0 Å². The minimum absolute atomic E-state index is 0.0875. The van der Waals surface area contributed by atoms with Gasteiger partial charge in [0.05, 0.1) is 17.2 Å². The van der Waals surface area contributed by atoms with Crippen molar-refractivity contribution >= 4 is 16.6 Å². The molecule has 4 heteroatoms.